The summed E-state index contributed by atoms with van der Waals surface area (Å²) in [5, 5.41) is 38.0. The molecule has 2 unspecified atom stereocenters. The van der Waals surface area contributed by atoms with Crippen LogP contribution in [0.1, 0.15) is 70.3 Å². The Balaban J connectivity index is 2.03. The summed E-state index contributed by atoms with van der Waals surface area (Å²) in [6, 6.07) is 4.45. The number of aliphatic hydroxyl groups is 2. The van der Waals surface area contributed by atoms with Crippen molar-refractivity contribution >= 4 is 0 Å². The number of rotatable bonds is 12. The number of phenolic OH excluding ortho intramolecular Hbond substituents is 2. The van der Waals surface area contributed by atoms with Gasteiger partial charge in [-0.3, -0.25) is 0 Å². The van der Waals surface area contributed by atoms with Crippen LogP contribution in [-0.2, 0) is 6.42 Å². The number of aromatic hydroxyl groups is 2. The molecule has 0 heterocycles. The Hall–Kier alpha value is -1.26. The fraction of sp³-hybridized carbons (Fsp3) is 0.684. The molecule has 0 bridgehead atoms. The van der Waals surface area contributed by atoms with Crippen LogP contribution in [0.2, 0.25) is 0 Å². The largest absolute Gasteiger partial charge is 0.508 e. The summed E-state index contributed by atoms with van der Waals surface area (Å²) in [7, 11) is 0. The van der Waals surface area contributed by atoms with Crippen molar-refractivity contribution in [2.45, 2.75) is 83.3 Å². The smallest absolute Gasteiger partial charge is 0.119 e. The molecule has 0 amide bonds. The molecule has 0 fully saturated rings. The number of phenols is 2. The number of aliphatic hydroxyl groups excluding tert-OH is 2. The molecule has 2 atom stereocenters. The van der Waals surface area contributed by atoms with Crippen LogP contribution < -0.4 is 0 Å². The van der Waals surface area contributed by atoms with Gasteiger partial charge in [0, 0.05) is 6.07 Å². The minimum Gasteiger partial charge on any atom is -0.508 e. The first-order valence-corrected chi connectivity index (χ1v) is 8.85. The molecule has 4 heteroatoms. The highest BCUT2D eigenvalue weighted by molar-refractivity contribution is 5.36. The van der Waals surface area contributed by atoms with Gasteiger partial charge >= 0.3 is 0 Å². The van der Waals surface area contributed by atoms with E-state index in [1.807, 2.05) is 6.92 Å². The van der Waals surface area contributed by atoms with E-state index in [4.69, 9.17) is 5.11 Å². The van der Waals surface area contributed by atoms with Crippen LogP contribution in [-0.4, -0.2) is 32.6 Å². The van der Waals surface area contributed by atoms with Gasteiger partial charge in [-0.25, -0.2) is 0 Å². The molecule has 132 valence electrons. The van der Waals surface area contributed by atoms with Crippen LogP contribution in [0.15, 0.2) is 18.2 Å². The van der Waals surface area contributed by atoms with Gasteiger partial charge in [0.1, 0.15) is 11.5 Å². The average Bonchev–Trinajstić information content (AvgIpc) is 2.44. The molecule has 1 rings (SSSR count). The van der Waals surface area contributed by atoms with E-state index in [0.29, 0.717) is 6.42 Å². The van der Waals surface area contributed by atoms with Crippen molar-refractivity contribution in [1.82, 2.24) is 0 Å². The summed E-state index contributed by atoms with van der Waals surface area (Å²) in [6.07, 6.45) is 9.55. The molecule has 0 saturated carbocycles. The second kappa shape index (κ2) is 11.3. The zero-order valence-corrected chi connectivity index (χ0v) is 14.2. The van der Waals surface area contributed by atoms with Crippen LogP contribution >= 0.6 is 0 Å². The lowest BCUT2D eigenvalue weighted by Gasteiger charge is -2.11. The van der Waals surface area contributed by atoms with Gasteiger partial charge in [0.2, 0.25) is 0 Å². The van der Waals surface area contributed by atoms with E-state index in [9.17, 15) is 15.3 Å². The maximum absolute atomic E-state index is 10.0. The molecule has 0 radical (unpaired) electrons. The number of hydrogen-bond acceptors (Lipinski definition) is 4. The fourth-order valence-corrected chi connectivity index (χ4v) is 2.85. The molecule has 4 nitrogen and oxygen atoms in total. The molecular weight excluding hydrogens is 292 g/mol. The Bertz CT molecular complexity index is 411. The van der Waals surface area contributed by atoms with E-state index in [1.54, 1.807) is 12.1 Å². The SMILES string of the molecule is CC(O)CCCCCCCCCC(O)Cc1cc(O)cc(O)c1. The first-order chi connectivity index (χ1) is 11.0. The molecule has 4 N–H and O–H groups in total. The van der Waals surface area contributed by atoms with Gasteiger partial charge in [-0.1, -0.05) is 44.9 Å². The van der Waals surface area contributed by atoms with Gasteiger partial charge in [0.15, 0.2) is 0 Å². The predicted octanol–water partition coefficient (Wildman–Crippen LogP) is 3.89. The van der Waals surface area contributed by atoms with Gasteiger partial charge in [-0.05, 0) is 43.9 Å². The number of hydrogen-bond donors (Lipinski definition) is 4. The molecule has 1 aromatic carbocycles. The average molecular weight is 324 g/mol. The second-order valence-corrected chi connectivity index (χ2v) is 6.62. The lowest BCUT2D eigenvalue weighted by Crippen LogP contribution is -2.10. The van der Waals surface area contributed by atoms with Crippen molar-refractivity contribution in [1.29, 1.82) is 0 Å². The molecule has 0 spiro atoms. The third-order valence-electron chi connectivity index (χ3n) is 4.09. The van der Waals surface area contributed by atoms with Gasteiger partial charge in [-0.15, -0.1) is 0 Å². The van der Waals surface area contributed by atoms with Crippen molar-refractivity contribution in [3.8, 4) is 11.5 Å². The summed E-state index contributed by atoms with van der Waals surface area (Å²) in [5.74, 6) is 0.0607. The maximum Gasteiger partial charge on any atom is 0.119 e. The van der Waals surface area contributed by atoms with Crippen LogP contribution in [0.25, 0.3) is 0 Å². The molecule has 0 saturated heterocycles. The summed E-state index contributed by atoms with van der Waals surface area (Å²) < 4.78 is 0. The van der Waals surface area contributed by atoms with Gasteiger partial charge < -0.3 is 20.4 Å². The second-order valence-electron chi connectivity index (χ2n) is 6.62. The number of unbranched alkanes of at least 4 members (excludes halogenated alkanes) is 6. The Morgan fingerprint density at radius 3 is 1.74 bits per heavy atom. The molecule has 23 heavy (non-hydrogen) atoms. The van der Waals surface area contributed by atoms with E-state index >= 15 is 0 Å². The standard InChI is InChI=1S/C19H32O4/c1-15(20)9-7-5-3-2-4-6-8-10-17(21)11-16-12-18(22)14-19(23)13-16/h12-15,17,20-23H,2-11H2,1H3. The third kappa shape index (κ3) is 10.2. The molecule has 0 aromatic heterocycles. The lowest BCUT2D eigenvalue weighted by molar-refractivity contribution is 0.160. The quantitative estimate of drug-likeness (QED) is 0.440. The topological polar surface area (TPSA) is 80.9 Å². The highest BCUT2D eigenvalue weighted by Crippen LogP contribution is 2.22. The highest BCUT2D eigenvalue weighted by Gasteiger charge is 2.07. The van der Waals surface area contributed by atoms with Crippen LogP contribution in [0.5, 0.6) is 11.5 Å². The molecule has 0 aliphatic rings. The zero-order chi connectivity index (χ0) is 17.1. The van der Waals surface area contributed by atoms with E-state index in [1.165, 1.54) is 31.7 Å². The van der Waals surface area contributed by atoms with E-state index < -0.39 is 6.10 Å². The Labute approximate surface area is 139 Å². The highest BCUT2D eigenvalue weighted by atomic mass is 16.3. The van der Waals surface area contributed by atoms with E-state index in [-0.39, 0.29) is 17.6 Å². The summed E-state index contributed by atoms with van der Waals surface area (Å²) in [6.45, 7) is 1.84. The minimum atomic E-state index is -0.428. The van der Waals surface area contributed by atoms with Crippen molar-refractivity contribution in [3.63, 3.8) is 0 Å². The summed E-state index contributed by atoms with van der Waals surface area (Å²) in [5.41, 5.74) is 0.758. The van der Waals surface area contributed by atoms with Gasteiger partial charge in [0.25, 0.3) is 0 Å². The Morgan fingerprint density at radius 2 is 1.22 bits per heavy atom. The maximum atomic E-state index is 10.0. The first kappa shape index (κ1) is 19.8. The third-order valence-corrected chi connectivity index (χ3v) is 4.09. The molecule has 0 aliphatic carbocycles. The molecule has 1 aromatic rings. The molecular formula is C19H32O4. The van der Waals surface area contributed by atoms with E-state index in [0.717, 1.165) is 37.7 Å². The van der Waals surface area contributed by atoms with Crippen molar-refractivity contribution in [3.05, 3.63) is 23.8 Å². The van der Waals surface area contributed by atoms with Crippen molar-refractivity contribution < 1.29 is 20.4 Å². The first-order valence-electron chi connectivity index (χ1n) is 8.85. The summed E-state index contributed by atoms with van der Waals surface area (Å²) >= 11 is 0. The lowest BCUT2D eigenvalue weighted by atomic mass is 10.0. The van der Waals surface area contributed by atoms with E-state index in [2.05, 4.69) is 0 Å². The minimum absolute atomic E-state index is 0.0304. The Morgan fingerprint density at radius 1 is 0.739 bits per heavy atom. The zero-order valence-electron chi connectivity index (χ0n) is 14.2. The van der Waals surface area contributed by atoms with Gasteiger partial charge in [-0.2, -0.15) is 0 Å². The van der Waals surface area contributed by atoms with Crippen LogP contribution in [0.3, 0.4) is 0 Å². The van der Waals surface area contributed by atoms with Gasteiger partial charge in [0.05, 0.1) is 12.2 Å². The normalized spacial score (nSPS) is 13.9. The van der Waals surface area contributed by atoms with Crippen molar-refractivity contribution in [2.24, 2.45) is 0 Å². The Kier molecular flexibility index (Phi) is 9.72. The monoisotopic (exact) mass is 324 g/mol. The van der Waals surface area contributed by atoms with Crippen LogP contribution in [0.4, 0.5) is 0 Å². The summed E-state index contributed by atoms with van der Waals surface area (Å²) in [4.78, 5) is 0. The molecule has 0 aliphatic heterocycles. The van der Waals surface area contributed by atoms with Crippen LogP contribution in [0, 0.1) is 0 Å². The number of benzene rings is 1. The van der Waals surface area contributed by atoms with Crippen molar-refractivity contribution in [2.75, 3.05) is 0 Å². The fourth-order valence-electron chi connectivity index (χ4n) is 2.85. The predicted molar refractivity (Wildman–Crippen MR) is 92.7 cm³/mol.